The Bertz CT molecular complexity index is 445. The van der Waals surface area contributed by atoms with Crippen LogP contribution >= 0.6 is 0 Å². The van der Waals surface area contributed by atoms with Gasteiger partial charge in [-0.3, -0.25) is 0 Å². The van der Waals surface area contributed by atoms with E-state index in [4.69, 9.17) is 9.47 Å². The first-order valence-corrected chi connectivity index (χ1v) is 6.83. The van der Waals surface area contributed by atoms with Gasteiger partial charge in [0.2, 0.25) is 5.76 Å². The van der Waals surface area contributed by atoms with Crippen LogP contribution in [0.4, 0.5) is 0 Å². The summed E-state index contributed by atoms with van der Waals surface area (Å²) >= 11 is 0. The molecule has 0 bridgehead atoms. The van der Waals surface area contributed by atoms with Crippen LogP contribution in [0.2, 0.25) is 0 Å². The molecule has 0 saturated heterocycles. The Kier molecular flexibility index (Phi) is 4.32. The molecule has 2 rings (SSSR count). The lowest BCUT2D eigenvalue weighted by molar-refractivity contribution is -0.145. The van der Waals surface area contributed by atoms with Crippen molar-refractivity contribution in [3.05, 3.63) is 11.8 Å². The first kappa shape index (κ1) is 14.8. The van der Waals surface area contributed by atoms with E-state index in [0.29, 0.717) is 5.90 Å². The summed E-state index contributed by atoms with van der Waals surface area (Å²) in [4.78, 5) is 16.0. The molecule has 2 aliphatic rings. The van der Waals surface area contributed by atoms with Gasteiger partial charge in [-0.1, -0.05) is 20.3 Å². The van der Waals surface area contributed by atoms with Gasteiger partial charge in [-0.15, -0.1) is 0 Å². The van der Waals surface area contributed by atoms with E-state index in [9.17, 15) is 9.90 Å². The van der Waals surface area contributed by atoms with E-state index in [-0.39, 0.29) is 23.8 Å². The van der Waals surface area contributed by atoms with Crippen LogP contribution < -0.4 is 0 Å². The minimum Gasteiger partial charge on any atom is -0.478 e. The van der Waals surface area contributed by atoms with Crippen LogP contribution in [0.5, 0.6) is 0 Å². The number of fused-ring (bicyclic) bond motifs is 1. The number of hydrogen-bond donors (Lipinski definition) is 1. The zero-order chi connectivity index (χ0) is 14.9. The standard InChI is InChI=1S/C14H21NO5/c1-5-7(2)12(16)13-11-9(19-8(3)15-11)6-10(20-13)14(17)18-4/h6-7,9,11-13,16H,5H2,1-4H3/t7-,9-,11-,12-,13-/m1/s1. The number of aliphatic hydroxyl groups excluding tert-OH is 1. The third-order valence-corrected chi connectivity index (χ3v) is 3.84. The molecule has 0 amide bonds. The number of ether oxygens (including phenoxy) is 3. The molecular weight excluding hydrogens is 262 g/mol. The van der Waals surface area contributed by atoms with E-state index < -0.39 is 18.2 Å². The molecule has 0 spiro atoms. The lowest BCUT2D eigenvalue weighted by Crippen LogP contribution is -2.49. The summed E-state index contributed by atoms with van der Waals surface area (Å²) in [6.07, 6.45) is 0.655. The van der Waals surface area contributed by atoms with Gasteiger partial charge in [-0.25, -0.2) is 9.79 Å². The lowest BCUT2D eigenvalue weighted by atomic mass is 9.89. The van der Waals surface area contributed by atoms with Crippen molar-refractivity contribution in [1.29, 1.82) is 0 Å². The molecule has 2 aliphatic heterocycles. The Balaban J connectivity index is 2.26. The largest absolute Gasteiger partial charge is 0.478 e. The van der Waals surface area contributed by atoms with Gasteiger partial charge >= 0.3 is 5.97 Å². The van der Waals surface area contributed by atoms with E-state index in [1.54, 1.807) is 13.0 Å². The predicted molar refractivity (Wildman–Crippen MR) is 72.2 cm³/mol. The third-order valence-electron chi connectivity index (χ3n) is 3.84. The molecule has 0 aromatic rings. The summed E-state index contributed by atoms with van der Waals surface area (Å²) in [5, 5.41) is 10.4. The molecule has 0 aromatic carbocycles. The van der Waals surface area contributed by atoms with Crippen molar-refractivity contribution >= 4 is 11.9 Å². The van der Waals surface area contributed by atoms with Gasteiger partial charge in [-0.05, 0) is 5.92 Å². The highest BCUT2D eigenvalue weighted by molar-refractivity contribution is 5.87. The third kappa shape index (κ3) is 2.65. The number of methoxy groups -OCH3 is 1. The average Bonchev–Trinajstić information content (AvgIpc) is 2.83. The van der Waals surface area contributed by atoms with Crippen molar-refractivity contribution in [3.8, 4) is 0 Å². The Labute approximate surface area is 118 Å². The smallest absolute Gasteiger partial charge is 0.373 e. The second kappa shape index (κ2) is 5.83. The number of aliphatic imine (C=N–C) groups is 1. The van der Waals surface area contributed by atoms with Crippen molar-refractivity contribution in [2.75, 3.05) is 7.11 Å². The van der Waals surface area contributed by atoms with Crippen LogP contribution in [-0.4, -0.2) is 48.4 Å². The number of nitrogens with zero attached hydrogens (tertiary/aromatic N) is 1. The van der Waals surface area contributed by atoms with E-state index in [1.807, 2.05) is 13.8 Å². The molecule has 2 heterocycles. The molecule has 1 N–H and O–H groups in total. The highest BCUT2D eigenvalue weighted by Gasteiger charge is 2.46. The molecule has 0 fully saturated rings. The fraction of sp³-hybridized carbons (Fsp3) is 0.714. The predicted octanol–water partition coefficient (Wildman–Crippen LogP) is 1.03. The molecule has 0 unspecified atom stereocenters. The molecule has 0 saturated carbocycles. The molecule has 6 heteroatoms. The zero-order valence-electron chi connectivity index (χ0n) is 12.2. The highest BCUT2D eigenvalue weighted by Crippen LogP contribution is 2.32. The molecule has 5 atom stereocenters. The summed E-state index contributed by atoms with van der Waals surface area (Å²) in [6, 6.07) is -0.326. The van der Waals surface area contributed by atoms with Crippen LogP contribution in [0, 0.1) is 5.92 Å². The molecule has 6 nitrogen and oxygen atoms in total. The molecular formula is C14H21NO5. The molecule has 0 radical (unpaired) electrons. The van der Waals surface area contributed by atoms with Gasteiger partial charge < -0.3 is 19.3 Å². The SMILES string of the molecule is CC[C@@H](C)[C@@H](O)[C@@H]1OC(C(=O)OC)=C[C@H]2OC(C)=N[C@@H]12. The van der Waals surface area contributed by atoms with E-state index in [0.717, 1.165) is 6.42 Å². The quantitative estimate of drug-likeness (QED) is 0.780. The van der Waals surface area contributed by atoms with Crippen molar-refractivity contribution in [2.24, 2.45) is 10.9 Å². The maximum Gasteiger partial charge on any atom is 0.373 e. The second-order valence-corrected chi connectivity index (χ2v) is 5.20. The molecule has 112 valence electrons. The number of carbonyl (C=O) groups is 1. The van der Waals surface area contributed by atoms with E-state index in [2.05, 4.69) is 9.73 Å². The van der Waals surface area contributed by atoms with Crippen molar-refractivity contribution < 1.29 is 24.1 Å². The molecule has 20 heavy (non-hydrogen) atoms. The Hall–Kier alpha value is -1.56. The summed E-state index contributed by atoms with van der Waals surface area (Å²) < 4.78 is 15.9. The van der Waals surface area contributed by atoms with Crippen molar-refractivity contribution in [1.82, 2.24) is 0 Å². The fourth-order valence-electron chi connectivity index (χ4n) is 2.43. The van der Waals surface area contributed by atoms with Gasteiger partial charge in [0.1, 0.15) is 12.1 Å². The normalized spacial score (nSPS) is 31.1. The lowest BCUT2D eigenvalue weighted by Gasteiger charge is -2.35. The number of rotatable bonds is 4. The first-order chi connectivity index (χ1) is 9.47. The van der Waals surface area contributed by atoms with Gasteiger partial charge in [0.25, 0.3) is 0 Å². The highest BCUT2D eigenvalue weighted by atomic mass is 16.6. The van der Waals surface area contributed by atoms with Crippen LogP contribution in [-0.2, 0) is 19.0 Å². The van der Waals surface area contributed by atoms with Gasteiger partial charge in [-0.2, -0.15) is 0 Å². The number of esters is 1. The van der Waals surface area contributed by atoms with Gasteiger partial charge in [0.05, 0.1) is 13.2 Å². The maximum absolute atomic E-state index is 11.7. The number of carbonyl (C=O) groups excluding carboxylic acids is 1. The van der Waals surface area contributed by atoms with Gasteiger partial charge in [0, 0.05) is 13.0 Å². The van der Waals surface area contributed by atoms with Gasteiger partial charge in [0.15, 0.2) is 12.0 Å². The fourth-order valence-corrected chi connectivity index (χ4v) is 2.43. The van der Waals surface area contributed by atoms with Crippen LogP contribution in [0.3, 0.4) is 0 Å². The van der Waals surface area contributed by atoms with Crippen molar-refractivity contribution in [3.63, 3.8) is 0 Å². The monoisotopic (exact) mass is 283 g/mol. The molecule has 0 aromatic heterocycles. The summed E-state index contributed by atoms with van der Waals surface area (Å²) in [5.74, 6) is 0.0741. The van der Waals surface area contributed by atoms with E-state index in [1.165, 1.54) is 7.11 Å². The van der Waals surface area contributed by atoms with E-state index >= 15 is 0 Å². The summed E-state index contributed by atoms with van der Waals surface area (Å²) in [7, 11) is 1.29. The maximum atomic E-state index is 11.7. The minimum atomic E-state index is -0.723. The second-order valence-electron chi connectivity index (χ2n) is 5.20. The zero-order valence-corrected chi connectivity index (χ0v) is 12.2. The first-order valence-electron chi connectivity index (χ1n) is 6.83. The Morgan fingerprint density at radius 3 is 2.85 bits per heavy atom. The Morgan fingerprint density at radius 2 is 2.25 bits per heavy atom. The summed E-state index contributed by atoms with van der Waals surface area (Å²) in [6.45, 7) is 5.67. The number of aliphatic hydroxyl groups is 1. The Morgan fingerprint density at radius 1 is 1.55 bits per heavy atom. The minimum absolute atomic E-state index is 0.0359. The number of hydrogen-bond acceptors (Lipinski definition) is 6. The van der Waals surface area contributed by atoms with Crippen molar-refractivity contribution in [2.45, 2.75) is 51.5 Å². The topological polar surface area (TPSA) is 77.4 Å². The average molecular weight is 283 g/mol. The van der Waals surface area contributed by atoms with Crippen LogP contribution in [0.15, 0.2) is 16.8 Å². The summed E-state index contributed by atoms with van der Waals surface area (Å²) in [5.41, 5.74) is 0. The van der Waals surface area contributed by atoms with Crippen LogP contribution in [0.1, 0.15) is 27.2 Å². The van der Waals surface area contributed by atoms with Crippen LogP contribution in [0.25, 0.3) is 0 Å². The molecule has 0 aliphatic carbocycles.